The molecular formula is C72H53NO. The number of hydrogen-bond donors (Lipinski definition) is 0. The van der Waals surface area contributed by atoms with Crippen LogP contribution in [0, 0.1) is 0 Å². The molecule has 0 spiro atoms. The summed E-state index contributed by atoms with van der Waals surface area (Å²) < 4.78 is 6.63. The number of furan rings is 1. The lowest BCUT2D eigenvalue weighted by molar-refractivity contribution is 0.660. The van der Waals surface area contributed by atoms with Crippen molar-refractivity contribution in [1.29, 1.82) is 0 Å². The molecule has 352 valence electrons. The van der Waals surface area contributed by atoms with Crippen LogP contribution in [0.25, 0.3) is 99.8 Å². The molecule has 0 N–H and O–H groups in total. The van der Waals surface area contributed by atoms with Gasteiger partial charge >= 0.3 is 0 Å². The topological polar surface area (TPSA) is 16.4 Å². The second-order valence-electron chi connectivity index (χ2n) is 21.2. The fourth-order valence-electron chi connectivity index (χ4n) is 12.6. The molecule has 2 aliphatic rings. The monoisotopic (exact) mass is 947 g/mol. The number of anilines is 3. The molecule has 0 saturated heterocycles. The highest BCUT2D eigenvalue weighted by molar-refractivity contribution is 6.10. The molecule has 0 amide bonds. The Morgan fingerprint density at radius 1 is 0.297 bits per heavy atom. The number of nitrogens with zero attached hydrogens (tertiary/aromatic N) is 1. The van der Waals surface area contributed by atoms with Crippen LogP contribution in [0.3, 0.4) is 0 Å². The van der Waals surface area contributed by atoms with Crippen molar-refractivity contribution in [2.24, 2.45) is 0 Å². The zero-order valence-electron chi connectivity index (χ0n) is 42.0. The SMILES string of the molecule is CC1(C)c2ccccc2-c2ccc(N(c3ccc(-c4cccc5c4C(C)(C)c4ccccc4-5)cc3)c3cc(-c4cccc(-c5ccccc5)c4)ccc3-c3cccc(-c4cccc5c4oc4ccccc45)c3)cc21. The molecular weight excluding hydrogens is 895 g/mol. The maximum Gasteiger partial charge on any atom is 0.143 e. The van der Waals surface area contributed by atoms with E-state index in [4.69, 9.17) is 4.42 Å². The molecule has 11 aromatic carbocycles. The van der Waals surface area contributed by atoms with Crippen molar-refractivity contribution in [3.05, 3.63) is 271 Å². The third-order valence-electron chi connectivity index (χ3n) is 16.3. The molecule has 0 unspecified atom stereocenters. The number of hydrogen-bond acceptors (Lipinski definition) is 2. The highest BCUT2D eigenvalue weighted by Gasteiger charge is 2.38. The van der Waals surface area contributed by atoms with Crippen molar-refractivity contribution in [3.8, 4) is 77.9 Å². The van der Waals surface area contributed by atoms with Crippen LogP contribution in [-0.4, -0.2) is 0 Å². The first-order valence-corrected chi connectivity index (χ1v) is 25.9. The van der Waals surface area contributed by atoms with Crippen LogP contribution in [0.15, 0.2) is 253 Å². The summed E-state index contributed by atoms with van der Waals surface area (Å²) in [4.78, 5) is 2.50. The molecule has 2 nitrogen and oxygen atoms in total. The largest absolute Gasteiger partial charge is 0.455 e. The fourth-order valence-corrected chi connectivity index (χ4v) is 12.6. The molecule has 0 bridgehead atoms. The van der Waals surface area contributed by atoms with Gasteiger partial charge in [-0.1, -0.05) is 228 Å². The predicted octanol–water partition coefficient (Wildman–Crippen LogP) is 20.0. The van der Waals surface area contributed by atoms with E-state index in [1.54, 1.807) is 0 Å². The highest BCUT2D eigenvalue weighted by Crippen LogP contribution is 2.54. The van der Waals surface area contributed by atoms with Crippen molar-refractivity contribution in [3.63, 3.8) is 0 Å². The van der Waals surface area contributed by atoms with Gasteiger partial charge in [0, 0.05) is 44.1 Å². The Kier molecular flexibility index (Phi) is 9.94. The average molecular weight is 948 g/mol. The van der Waals surface area contributed by atoms with E-state index < -0.39 is 0 Å². The van der Waals surface area contributed by atoms with Crippen molar-refractivity contribution in [2.75, 3.05) is 4.90 Å². The molecule has 0 atom stereocenters. The summed E-state index contributed by atoms with van der Waals surface area (Å²) in [5.41, 5.74) is 27.0. The van der Waals surface area contributed by atoms with E-state index >= 15 is 0 Å². The predicted molar refractivity (Wildman–Crippen MR) is 311 cm³/mol. The lowest BCUT2D eigenvalue weighted by Gasteiger charge is -2.31. The molecule has 2 heteroatoms. The smallest absolute Gasteiger partial charge is 0.143 e. The third-order valence-corrected chi connectivity index (χ3v) is 16.3. The minimum Gasteiger partial charge on any atom is -0.455 e. The van der Waals surface area contributed by atoms with E-state index in [0.29, 0.717) is 0 Å². The minimum atomic E-state index is -0.190. The first kappa shape index (κ1) is 43.8. The van der Waals surface area contributed by atoms with E-state index in [1.807, 2.05) is 6.07 Å². The number of rotatable bonds is 8. The van der Waals surface area contributed by atoms with Crippen LogP contribution >= 0.6 is 0 Å². The molecule has 1 aromatic heterocycles. The van der Waals surface area contributed by atoms with Crippen molar-refractivity contribution < 1.29 is 4.42 Å². The molecule has 0 aliphatic heterocycles. The van der Waals surface area contributed by atoms with E-state index in [-0.39, 0.29) is 10.8 Å². The molecule has 74 heavy (non-hydrogen) atoms. The van der Waals surface area contributed by atoms with Crippen molar-refractivity contribution >= 4 is 39.0 Å². The third kappa shape index (κ3) is 6.86. The Bertz CT molecular complexity index is 4190. The summed E-state index contributed by atoms with van der Waals surface area (Å²) >= 11 is 0. The Morgan fingerprint density at radius 3 is 1.59 bits per heavy atom. The molecule has 0 saturated carbocycles. The Balaban J connectivity index is 0.982. The van der Waals surface area contributed by atoms with Crippen LogP contribution in [0.1, 0.15) is 49.9 Å². The normalized spacial score (nSPS) is 13.6. The summed E-state index contributed by atoms with van der Waals surface area (Å²) in [7, 11) is 0. The molecule has 14 rings (SSSR count). The van der Waals surface area contributed by atoms with Gasteiger partial charge in [-0.2, -0.15) is 0 Å². The Morgan fingerprint density at radius 2 is 0.797 bits per heavy atom. The first-order chi connectivity index (χ1) is 36.2. The Hall–Kier alpha value is -8.98. The summed E-state index contributed by atoms with van der Waals surface area (Å²) in [6.45, 7) is 9.50. The summed E-state index contributed by atoms with van der Waals surface area (Å²) in [5.74, 6) is 0. The minimum absolute atomic E-state index is 0.139. The quantitative estimate of drug-likeness (QED) is 0.151. The van der Waals surface area contributed by atoms with Gasteiger partial charge in [-0.25, -0.2) is 0 Å². The molecule has 0 fully saturated rings. The van der Waals surface area contributed by atoms with Gasteiger partial charge < -0.3 is 9.32 Å². The van der Waals surface area contributed by atoms with E-state index in [2.05, 4.69) is 275 Å². The molecule has 2 aliphatic carbocycles. The van der Waals surface area contributed by atoms with Crippen LogP contribution in [-0.2, 0) is 10.8 Å². The standard InChI is InChI=1S/C72H53NO/c1-71(2)64-31-11-8-24-58(64)60-41-39-54(45-66(60)71)73(53-37-34-47(35-38-53)56-27-16-29-62-59-25-9-12-32-65(59)72(3,4)69(56)62)67-44-50(49-21-14-20-48(42-49)46-18-6-5-7-19-46)36-40-55(67)51-22-15-23-52(43-51)57-28-17-30-63-61-26-10-13-33-68(61)74-70(57)63/h5-45H,1-4H3. The highest BCUT2D eigenvalue weighted by atomic mass is 16.3. The van der Waals surface area contributed by atoms with Gasteiger partial charge in [-0.3, -0.25) is 0 Å². The van der Waals surface area contributed by atoms with Crippen LogP contribution in [0.5, 0.6) is 0 Å². The maximum atomic E-state index is 6.63. The van der Waals surface area contributed by atoms with Crippen LogP contribution in [0.2, 0.25) is 0 Å². The van der Waals surface area contributed by atoms with Gasteiger partial charge in [0.1, 0.15) is 11.2 Å². The average Bonchev–Trinajstić information content (AvgIpc) is 4.08. The van der Waals surface area contributed by atoms with Crippen LogP contribution < -0.4 is 4.90 Å². The number of para-hydroxylation sites is 2. The van der Waals surface area contributed by atoms with Gasteiger partial charge in [0.05, 0.1) is 5.69 Å². The summed E-state index contributed by atoms with van der Waals surface area (Å²) in [6.07, 6.45) is 0. The van der Waals surface area contributed by atoms with Gasteiger partial charge in [0.25, 0.3) is 0 Å². The lowest BCUT2D eigenvalue weighted by Crippen LogP contribution is -2.17. The zero-order valence-corrected chi connectivity index (χ0v) is 42.0. The van der Waals surface area contributed by atoms with Crippen molar-refractivity contribution in [1.82, 2.24) is 0 Å². The number of benzene rings is 11. The van der Waals surface area contributed by atoms with Crippen LogP contribution in [0.4, 0.5) is 17.1 Å². The van der Waals surface area contributed by atoms with Crippen molar-refractivity contribution in [2.45, 2.75) is 38.5 Å². The van der Waals surface area contributed by atoms with E-state index in [9.17, 15) is 0 Å². The molecule has 0 radical (unpaired) electrons. The van der Waals surface area contributed by atoms with Gasteiger partial charge in [-0.05, 0) is 138 Å². The van der Waals surface area contributed by atoms with Gasteiger partial charge in [0.2, 0.25) is 0 Å². The van der Waals surface area contributed by atoms with Gasteiger partial charge in [0.15, 0.2) is 0 Å². The number of fused-ring (bicyclic) bond motifs is 9. The maximum absolute atomic E-state index is 6.63. The lowest BCUT2D eigenvalue weighted by atomic mass is 9.79. The fraction of sp³-hybridized carbons (Fsp3) is 0.0833. The summed E-state index contributed by atoms with van der Waals surface area (Å²) in [6, 6.07) is 91.7. The second kappa shape index (κ2) is 16.8. The first-order valence-electron chi connectivity index (χ1n) is 25.9. The molecule has 1 heterocycles. The molecule has 12 aromatic rings. The Labute approximate surface area is 433 Å². The van der Waals surface area contributed by atoms with E-state index in [1.165, 1.54) is 66.8 Å². The zero-order chi connectivity index (χ0) is 49.7. The van der Waals surface area contributed by atoms with E-state index in [0.717, 1.165) is 72.4 Å². The van der Waals surface area contributed by atoms with Gasteiger partial charge in [-0.15, -0.1) is 0 Å². The summed E-state index contributed by atoms with van der Waals surface area (Å²) in [5, 5.41) is 2.25. The second-order valence-corrected chi connectivity index (χ2v) is 21.2.